The molecule has 3 nitrogen and oxygen atoms in total. The summed E-state index contributed by atoms with van der Waals surface area (Å²) in [4.78, 5) is 28.2. The summed E-state index contributed by atoms with van der Waals surface area (Å²) in [6.07, 6.45) is 0. The number of hydrogen-bond acceptors (Lipinski definition) is 5. The minimum atomic E-state index is -0.631. The Kier molecular flexibility index (Phi) is 5.45. The van der Waals surface area contributed by atoms with Gasteiger partial charge in [-0.2, -0.15) is 0 Å². The summed E-state index contributed by atoms with van der Waals surface area (Å²) in [5.41, 5.74) is 0.533. The second-order valence-electron chi connectivity index (χ2n) is 5.54. The van der Waals surface area contributed by atoms with E-state index in [0.717, 1.165) is 19.6 Å². The van der Waals surface area contributed by atoms with Crippen LogP contribution in [-0.4, -0.2) is 11.9 Å². The minimum Gasteiger partial charge on any atom is -0.386 e. The molecule has 1 heterocycles. The van der Waals surface area contributed by atoms with Crippen LogP contribution in [-0.2, 0) is 4.74 Å². The largest absolute Gasteiger partial charge is 0.386 e. The normalized spacial score (nSPS) is 12.8. The highest BCUT2D eigenvalue weighted by Gasteiger charge is 2.38. The molecule has 0 N–H and O–H groups in total. The van der Waals surface area contributed by atoms with E-state index in [9.17, 15) is 9.59 Å². The van der Waals surface area contributed by atoms with Crippen LogP contribution in [0.3, 0.4) is 0 Å². The van der Waals surface area contributed by atoms with Crippen LogP contribution in [0.2, 0.25) is 0 Å². The van der Waals surface area contributed by atoms with E-state index in [1.54, 1.807) is 0 Å². The summed E-state index contributed by atoms with van der Waals surface area (Å²) in [6, 6.07) is 19.7. The van der Waals surface area contributed by atoms with Gasteiger partial charge in [0.25, 0.3) is 0 Å². The standard InChI is InChI=1S/C20H10Br2O3S2/c21-15-13-14(20(24)25-19(13)23)16(22)18(27-12-9-5-2-6-10-12)17(15)26-11-7-3-1-4-8-11/h1-10H. The number of benzene rings is 3. The number of carbonyl (C=O) groups excluding carboxylic acids is 2. The zero-order valence-electron chi connectivity index (χ0n) is 13.6. The van der Waals surface area contributed by atoms with Gasteiger partial charge >= 0.3 is 11.9 Å². The Morgan fingerprint density at radius 3 is 1.37 bits per heavy atom. The lowest BCUT2D eigenvalue weighted by atomic mass is 10.1. The third kappa shape index (κ3) is 3.61. The molecule has 0 fully saturated rings. The van der Waals surface area contributed by atoms with E-state index in [1.165, 1.54) is 23.5 Å². The van der Waals surface area contributed by atoms with E-state index in [-0.39, 0.29) is 11.1 Å². The summed E-state index contributed by atoms with van der Waals surface area (Å²) in [5.74, 6) is -1.26. The molecule has 0 aromatic heterocycles. The number of fused-ring (bicyclic) bond motifs is 1. The molecule has 0 radical (unpaired) electrons. The predicted octanol–water partition coefficient (Wildman–Crippen LogP) is 6.82. The summed E-state index contributed by atoms with van der Waals surface area (Å²) < 4.78 is 5.99. The van der Waals surface area contributed by atoms with Gasteiger partial charge in [-0.25, -0.2) is 9.59 Å². The predicted molar refractivity (Wildman–Crippen MR) is 113 cm³/mol. The average Bonchev–Trinajstić information content (AvgIpc) is 2.98. The molecule has 1 aliphatic heterocycles. The molecule has 0 aliphatic carbocycles. The quantitative estimate of drug-likeness (QED) is 0.278. The monoisotopic (exact) mass is 520 g/mol. The first kappa shape index (κ1) is 18.8. The lowest BCUT2D eigenvalue weighted by molar-refractivity contribution is 0.0443. The van der Waals surface area contributed by atoms with Crippen LogP contribution in [0.4, 0.5) is 0 Å². The molecule has 0 saturated carbocycles. The van der Waals surface area contributed by atoms with Crippen LogP contribution in [0.5, 0.6) is 0 Å². The molecule has 3 aromatic carbocycles. The van der Waals surface area contributed by atoms with Crippen molar-refractivity contribution >= 4 is 67.3 Å². The fourth-order valence-corrected chi connectivity index (χ4v) is 6.56. The van der Waals surface area contributed by atoms with Crippen molar-refractivity contribution < 1.29 is 14.3 Å². The second kappa shape index (κ2) is 7.83. The highest BCUT2D eigenvalue weighted by molar-refractivity contribution is 9.11. The lowest BCUT2D eigenvalue weighted by Gasteiger charge is -2.15. The first-order valence-corrected chi connectivity index (χ1v) is 11.1. The van der Waals surface area contributed by atoms with Crippen LogP contribution < -0.4 is 0 Å². The average molecular weight is 522 g/mol. The number of rotatable bonds is 4. The maximum absolute atomic E-state index is 12.2. The molecule has 3 aromatic rings. The molecule has 1 aliphatic rings. The van der Waals surface area contributed by atoms with Crippen LogP contribution in [0.25, 0.3) is 0 Å². The molecule has 0 spiro atoms. The van der Waals surface area contributed by atoms with E-state index in [2.05, 4.69) is 31.9 Å². The summed E-state index contributed by atoms with van der Waals surface area (Å²) in [5, 5.41) is 0. The van der Waals surface area contributed by atoms with Gasteiger partial charge in [-0.15, -0.1) is 0 Å². The Labute approximate surface area is 181 Å². The van der Waals surface area contributed by atoms with E-state index in [4.69, 9.17) is 4.74 Å². The fourth-order valence-electron chi connectivity index (χ4n) is 2.61. The van der Waals surface area contributed by atoms with Gasteiger partial charge in [0.05, 0.1) is 11.1 Å². The Balaban J connectivity index is 1.92. The van der Waals surface area contributed by atoms with Crippen molar-refractivity contribution in [1.82, 2.24) is 0 Å². The lowest BCUT2D eigenvalue weighted by Crippen LogP contribution is -1.99. The maximum Gasteiger partial charge on any atom is 0.348 e. The van der Waals surface area contributed by atoms with E-state index in [0.29, 0.717) is 8.95 Å². The molecule has 0 amide bonds. The molecular formula is C20H10Br2O3S2. The molecule has 0 atom stereocenters. The second-order valence-corrected chi connectivity index (χ2v) is 9.30. The topological polar surface area (TPSA) is 43.4 Å². The molecule has 0 saturated heterocycles. The van der Waals surface area contributed by atoms with E-state index in [1.807, 2.05) is 60.7 Å². The SMILES string of the molecule is O=C1OC(=O)c2c(Br)c(Sc3ccccc3)c(Sc3ccccc3)c(Br)c21. The Bertz CT molecular complexity index is 970. The van der Waals surface area contributed by atoms with Gasteiger partial charge in [0, 0.05) is 28.5 Å². The Morgan fingerprint density at radius 1 is 0.630 bits per heavy atom. The summed E-state index contributed by atoms with van der Waals surface area (Å²) in [6.45, 7) is 0. The molecule has 0 bridgehead atoms. The van der Waals surface area contributed by atoms with Crippen molar-refractivity contribution in [1.29, 1.82) is 0 Å². The number of halogens is 2. The first-order chi connectivity index (χ1) is 13.1. The van der Waals surface area contributed by atoms with Gasteiger partial charge in [-0.05, 0) is 56.1 Å². The van der Waals surface area contributed by atoms with Gasteiger partial charge in [-0.1, -0.05) is 59.9 Å². The molecule has 27 heavy (non-hydrogen) atoms. The van der Waals surface area contributed by atoms with Crippen molar-refractivity contribution in [2.75, 3.05) is 0 Å². The maximum atomic E-state index is 12.2. The highest BCUT2D eigenvalue weighted by atomic mass is 79.9. The van der Waals surface area contributed by atoms with Gasteiger partial charge < -0.3 is 4.74 Å². The zero-order chi connectivity index (χ0) is 19.0. The van der Waals surface area contributed by atoms with Crippen LogP contribution in [0.1, 0.15) is 20.7 Å². The number of esters is 2. The van der Waals surface area contributed by atoms with Gasteiger partial charge in [-0.3, -0.25) is 0 Å². The number of ether oxygens (including phenoxy) is 1. The Hall–Kier alpha value is -1.54. The van der Waals surface area contributed by atoms with Crippen molar-refractivity contribution in [3.63, 3.8) is 0 Å². The number of cyclic esters (lactones) is 2. The van der Waals surface area contributed by atoms with Crippen molar-refractivity contribution in [2.45, 2.75) is 19.6 Å². The van der Waals surface area contributed by atoms with E-state index < -0.39 is 11.9 Å². The van der Waals surface area contributed by atoms with Gasteiger partial charge in [0.1, 0.15) is 0 Å². The van der Waals surface area contributed by atoms with Crippen LogP contribution >= 0.6 is 55.4 Å². The molecule has 4 rings (SSSR count). The smallest absolute Gasteiger partial charge is 0.348 e. The van der Waals surface area contributed by atoms with Gasteiger partial charge in [0.2, 0.25) is 0 Å². The molecule has 0 unspecified atom stereocenters. The van der Waals surface area contributed by atoms with Crippen LogP contribution in [0, 0.1) is 0 Å². The summed E-state index contributed by atoms with van der Waals surface area (Å²) >= 11 is 10.1. The van der Waals surface area contributed by atoms with Crippen molar-refractivity contribution in [3.05, 3.63) is 80.7 Å². The minimum absolute atomic E-state index is 0.266. The highest BCUT2D eigenvalue weighted by Crippen LogP contribution is 2.50. The van der Waals surface area contributed by atoms with Crippen molar-refractivity contribution in [3.8, 4) is 0 Å². The third-order valence-corrected chi connectivity index (χ3v) is 8.29. The molecule has 134 valence electrons. The summed E-state index contributed by atoms with van der Waals surface area (Å²) in [7, 11) is 0. The zero-order valence-corrected chi connectivity index (χ0v) is 18.4. The number of hydrogen-bond donors (Lipinski definition) is 0. The fraction of sp³-hybridized carbons (Fsp3) is 0. The van der Waals surface area contributed by atoms with E-state index >= 15 is 0 Å². The Morgan fingerprint density at radius 2 is 1.00 bits per heavy atom. The third-order valence-electron chi connectivity index (χ3n) is 3.81. The van der Waals surface area contributed by atoms with Crippen molar-refractivity contribution in [2.24, 2.45) is 0 Å². The first-order valence-electron chi connectivity index (χ1n) is 7.83. The van der Waals surface area contributed by atoms with Gasteiger partial charge in [0.15, 0.2) is 0 Å². The molecular weight excluding hydrogens is 512 g/mol. The van der Waals surface area contributed by atoms with Crippen LogP contribution in [0.15, 0.2) is 89.2 Å². The molecule has 7 heteroatoms. The number of carbonyl (C=O) groups is 2.